The van der Waals surface area contributed by atoms with Crippen LogP contribution in [0.2, 0.25) is 5.02 Å². The van der Waals surface area contributed by atoms with Crippen molar-refractivity contribution < 1.29 is 4.74 Å². The van der Waals surface area contributed by atoms with Crippen molar-refractivity contribution in [1.29, 1.82) is 0 Å². The van der Waals surface area contributed by atoms with Gasteiger partial charge in [-0.2, -0.15) is 0 Å². The fraction of sp³-hybridized carbons (Fsp3) is 0.556. The monoisotopic (exact) mass is 307 g/mol. The highest BCUT2D eigenvalue weighted by atomic mass is 35.5. The molecule has 0 fully saturated rings. The van der Waals surface area contributed by atoms with E-state index in [2.05, 4.69) is 18.3 Å². The van der Waals surface area contributed by atoms with E-state index in [4.69, 9.17) is 16.3 Å². The third-order valence-electron chi connectivity index (χ3n) is 3.88. The Kier molecular flexibility index (Phi) is 7.11. The number of benzene rings is 1. The molecule has 1 unspecified atom stereocenters. The van der Waals surface area contributed by atoms with Gasteiger partial charge in [0.25, 0.3) is 0 Å². The molecule has 1 aromatic carbocycles. The first-order valence-electron chi connectivity index (χ1n) is 8.10. The van der Waals surface area contributed by atoms with Crippen LogP contribution in [-0.2, 0) is 0 Å². The minimum Gasteiger partial charge on any atom is -0.492 e. The summed E-state index contributed by atoms with van der Waals surface area (Å²) in [5.41, 5.74) is 1.52. The molecule has 0 amide bonds. The Morgan fingerprint density at radius 3 is 3.00 bits per heavy atom. The van der Waals surface area contributed by atoms with Gasteiger partial charge >= 0.3 is 0 Å². The standard InChI is InChI=1S/C18H26ClNO/c1-2-12-20-18(15-8-5-3-4-6-9-15)14-21-17-11-7-10-16(19)13-17/h7-8,10-11,13,18,20H,2-6,9,12,14H2,1H3. The van der Waals surface area contributed by atoms with Crippen molar-refractivity contribution in [3.8, 4) is 5.75 Å². The summed E-state index contributed by atoms with van der Waals surface area (Å²) in [5.74, 6) is 0.847. The van der Waals surface area contributed by atoms with E-state index in [0.717, 1.165) is 23.7 Å². The first kappa shape index (κ1) is 16.4. The van der Waals surface area contributed by atoms with Gasteiger partial charge in [-0.3, -0.25) is 0 Å². The molecule has 1 N–H and O–H groups in total. The summed E-state index contributed by atoms with van der Waals surface area (Å²) in [4.78, 5) is 0. The first-order chi connectivity index (χ1) is 10.3. The molecule has 0 aromatic heterocycles. The average molecular weight is 308 g/mol. The summed E-state index contributed by atoms with van der Waals surface area (Å²) in [6.07, 6.45) is 9.92. The zero-order valence-corrected chi connectivity index (χ0v) is 13.7. The highest BCUT2D eigenvalue weighted by Crippen LogP contribution is 2.22. The van der Waals surface area contributed by atoms with Crippen LogP contribution in [0.4, 0.5) is 0 Å². The normalized spacial score (nSPS) is 17.0. The van der Waals surface area contributed by atoms with Crippen molar-refractivity contribution in [3.05, 3.63) is 40.9 Å². The molecular weight excluding hydrogens is 282 g/mol. The van der Waals surface area contributed by atoms with Crippen molar-refractivity contribution in [2.75, 3.05) is 13.2 Å². The Balaban J connectivity index is 1.96. The van der Waals surface area contributed by atoms with Gasteiger partial charge < -0.3 is 10.1 Å². The molecule has 0 bridgehead atoms. The van der Waals surface area contributed by atoms with E-state index in [1.165, 1.54) is 37.7 Å². The topological polar surface area (TPSA) is 21.3 Å². The zero-order chi connectivity index (χ0) is 14.9. The molecule has 3 heteroatoms. The van der Waals surface area contributed by atoms with Crippen molar-refractivity contribution in [3.63, 3.8) is 0 Å². The van der Waals surface area contributed by atoms with Gasteiger partial charge in [-0.25, -0.2) is 0 Å². The lowest BCUT2D eigenvalue weighted by Crippen LogP contribution is -2.37. The Labute approximate surface area is 133 Å². The van der Waals surface area contributed by atoms with Crippen molar-refractivity contribution >= 4 is 11.6 Å². The zero-order valence-electron chi connectivity index (χ0n) is 12.9. The minimum absolute atomic E-state index is 0.321. The summed E-state index contributed by atoms with van der Waals surface area (Å²) < 4.78 is 5.95. The molecule has 2 nitrogen and oxygen atoms in total. The van der Waals surface area contributed by atoms with Gasteiger partial charge in [0.05, 0.1) is 6.04 Å². The quantitative estimate of drug-likeness (QED) is 0.717. The molecule has 0 saturated heterocycles. The van der Waals surface area contributed by atoms with Gasteiger partial charge in [0.15, 0.2) is 0 Å². The van der Waals surface area contributed by atoms with Gasteiger partial charge in [0.1, 0.15) is 12.4 Å². The number of halogens is 1. The van der Waals surface area contributed by atoms with Crippen molar-refractivity contribution in [1.82, 2.24) is 5.32 Å². The fourth-order valence-electron chi connectivity index (χ4n) is 2.71. The van der Waals surface area contributed by atoms with E-state index in [0.29, 0.717) is 12.6 Å². The summed E-state index contributed by atoms with van der Waals surface area (Å²) in [6.45, 7) is 3.90. The number of hydrogen-bond donors (Lipinski definition) is 1. The highest BCUT2D eigenvalue weighted by Gasteiger charge is 2.15. The van der Waals surface area contributed by atoms with Crippen LogP contribution in [-0.4, -0.2) is 19.2 Å². The van der Waals surface area contributed by atoms with Gasteiger partial charge in [0, 0.05) is 5.02 Å². The predicted molar refractivity (Wildman–Crippen MR) is 90.2 cm³/mol. The second kappa shape index (κ2) is 9.11. The number of rotatable bonds is 7. The lowest BCUT2D eigenvalue weighted by atomic mass is 10.0. The summed E-state index contributed by atoms with van der Waals surface area (Å²) in [6, 6.07) is 7.96. The maximum Gasteiger partial charge on any atom is 0.120 e. The molecule has 0 heterocycles. The molecule has 0 spiro atoms. The van der Waals surface area contributed by atoms with Gasteiger partial charge in [-0.1, -0.05) is 42.7 Å². The maximum absolute atomic E-state index is 6.01. The fourth-order valence-corrected chi connectivity index (χ4v) is 2.89. The highest BCUT2D eigenvalue weighted by molar-refractivity contribution is 6.30. The molecule has 1 aliphatic carbocycles. The van der Waals surface area contributed by atoms with Crippen LogP contribution < -0.4 is 10.1 Å². The van der Waals surface area contributed by atoms with E-state index in [-0.39, 0.29) is 0 Å². The van der Waals surface area contributed by atoms with E-state index >= 15 is 0 Å². The van der Waals surface area contributed by atoms with Gasteiger partial charge in [0.2, 0.25) is 0 Å². The lowest BCUT2D eigenvalue weighted by molar-refractivity contribution is 0.278. The third-order valence-corrected chi connectivity index (χ3v) is 4.11. The second-order valence-corrected chi connectivity index (χ2v) is 6.09. The van der Waals surface area contributed by atoms with E-state index in [1.807, 2.05) is 24.3 Å². The van der Waals surface area contributed by atoms with Crippen LogP contribution in [0, 0.1) is 0 Å². The Morgan fingerprint density at radius 1 is 1.29 bits per heavy atom. The maximum atomic E-state index is 6.01. The van der Waals surface area contributed by atoms with Crippen LogP contribution in [0.5, 0.6) is 5.75 Å². The van der Waals surface area contributed by atoms with E-state index in [9.17, 15) is 0 Å². The molecule has 0 aliphatic heterocycles. The third kappa shape index (κ3) is 5.72. The van der Waals surface area contributed by atoms with Crippen LogP contribution >= 0.6 is 11.6 Å². The van der Waals surface area contributed by atoms with Crippen LogP contribution in [0.25, 0.3) is 0 Å². The second-order valence-electron chi connectivity index (χ2n) is 5.65. The van der Waals surface area contributed by atoms with E-state index < -0.39 is 0 Å². The van der Waals surface area contributed by atoms with Crippen LogP contribution in [0.15, 0.2) is 35.9 Å². The Morgan fingerprint density at radius 2 is 2.19 bits per heavy atom. The first-order valence-corrected chi connectivity index (χ1v) is 8.48. The molecule has 21 heavy (non-hydrogen) atoms. The SMILES string of the molecule is CCCNC(COc1cccc(Cl)c1)C1=CCCCCC1. The molecule has 0 saturated carbocycles. The molecule has 1 aromatic rings. The summed E-state index contributed by atoms with van der Waals surface area (Å²) >= 11 is 6.01. The van der Waals surface area contributed by atoms with Crippen molar-refractivity contribution in [2.45, 2.75) is 51.5 Å². The smallest absolute Gasteiger partial charge is 0.120 e. The van der Waals surface area contributed by atoms with Crippen LogP contribution in [0.1, 0.15) is 45.4 Å². The molecule has 0 radical (unpaired) electrons. The molecular formula is C18H26ClNO. The van der Waals surface area contributed by atoms with Gasteiger partial charge in [-0.05, 0) is 56.8 Å². The molecule has 1 aliphatic rings. The van der Waals surface area contributed by atoms with Crippen LogP contribution in [0.3, 0.4) is 0 Å². The number of nitrogens with one attached hydrogen (secondary N) is 1. The average Bonchev–Trinajstić information content (AvgIpc) is 2.77. The molecule has 2 rings (SSSR count). The number of ether oxygens (including phenoxy) is 1. The predicted octanol–water partition coefficient (Wildman–Crippen LogP) is 4.98. The molecule has 1 atom stereocenters. The number of allylic oxidation sites excluding steroid dienone is 1. The summed E-state index contributed by atoms with van der Waals surface area (Å²) in [5, 5.41) is 4.35. The Bertz CT molecular complexity index is 458. The van der Waals surface area contributed by atoms with Crippen molar-refractivity contribution in [2.24, 2.45) is 0 Å². The lowest BCUT2D eigenvalue weighted by Gasteiger charge is -2.22. The molecule has 116 valence electrons. The largest absolute Gasteiger partial charge is 0.492 e. The number of hydrogen-bond acceptors (Lipinski definition) is 2. The van der Waals surface area contributed by atoms with E-state index in [1.54, 1.807) is 0 Å². The Hall–Kier alpha value is -0.990. The minimum atomic E-state index is 0.321. The van der Waals surface area contributed by atoms with Gasteiger partial charge in [-0.15, -0.1) is 0 Å². The summed E-state index contributed by atoms with van der Waals surface area (Å²) in [7, 11) is 0.